The number of furan rings is 1. The number of rotatable bonds is 3. The molecular formula is C21H24N4O4. The Morgan fingerprint density at radius 3 is 2.90 bits per heavy atom. The number of fused-ring (bicyclic) bond motifs is 4. The molecule has 0 aromatic carbocycles. The van der Waals surface area contributed by atoms with Crippen LogP contribution in [0.2, 0.25) is 0 Å². The first-order valence-electron chi connectivity index (χ1n) is 10.3. The zero-order valence-corrected chi connectivity index (χ0v) is 16.2. The van der Waals surface area contributed by atoms with Crippen LogP contribution < -0.4 is 5.56 Å². The third kappa shape index (κ3) is 3.36. The van der Waals surface area contributed by atoms with E-state index < -0.39 is 0 Å². The molecule has 3 saturated heterocycles. The maximum atomic E-state index is 13.0. The van der Waals surface area contributed by atoms with E-state index in [2.05, 4.69) is 10.00 Å². The number of hydrogen-bond acceptors (Lipinski definition) is 5. The van der Waals surface area contributed by atoms with Crippen molar-refractivity contribution in [2.45, 2.75) is 38.3 Å². The van der Waals surface area contributed by atoms with Gasteiger partial charge in [-0.2, -0.15) is 5.10 Å². The third-order valence-corrected chi connectivity index (χ3v) is 6.46. The molecule has 3 unspecified atom stereocenters. The molecule has 3 aliphatic rings. The van der Waals surface area contributed by atoms with Gasteiger partial charge in [0, 0.05) is 38.2 Å². The standard InChI is InChI=1S/C21H24N4O4/c26-19-5-1-3-17-15-9-14(11-24(17)19)10-23(12-15)21(28)13-25-20(27)7-6-16(22-25)18-4-2-8-29-18/h2,4,6-8,14-15,17H,1,3,5,9-13H2. The number of carbonyl (C=O) groups is 2. The van der Waals surface area contributed by atoms with E-state index in [4.69, 9.17) is 4.42 Å². The second-order valence-corrected chi connectivity index (χ2v) is 8.36. The summed E-state index contributed by atoms with van der Waals surface area (Å²) in [5.74, 6) is 1.37. The molecule has 2 aromatic rings. The number of carbonyl (C=O) groups excluding carboxylic acids is 2. The van der Waals surface area contributed by atoms with E-state index in [1.807, 2.05) is 4.90 Å². The second kappa shape index (κ2) is 7.17. The lowest BCUT2D eigenvalue weighted by molar-refractivity contribution is -0.149. The van der Waals surface area contributed by atoms with Gasteiger partial charge in [-0.3, -0.25) is 14.4 Å². The summed E-state index contributed by atoms with van der Waals surface area (Å²) in [4.78, 5) is 41.4. The maximum Gasteiger partial charge on any atom is 0.267 e. The average molecular weight is 396 g/mol. The third-order valence-electron chi connectivity index (χ3n) is 6.46. The topological polar surface area (TPSA) is 88.6 Å². The maximum absolute atomic E-state index is 13.0. The highest BCUT2D eigenvalue weighted by Crippen LogP contribution is 2.37. The van der Waals surface area contributed by atoms with Crippen LogP contribution in [0.25, 0.3) is 11.5 Å². The van der Waals surface area contributed by atoms with E-state index in [-0.39, 0.29) is 30.0 Å². The molecule has 0 saturated carbocycles. The fourth-order valence-electron chi connectivity index (χ4n) is 5.16. The lowest BCUT2D eigenvalue weighted by atomic mass is 9.76. The van der Waals surface area contributed by atoms with Crippen molar-refractivity contribution in [3.63, 3.8) is 0 Å². The Bertz CT molecular complexity index is 983. The molecule has 0 spiro atoms. The number of piperidine rings is 3. The Hall–Kier alpha value is -2.90. The van der Waals surface area contributed by atoms with Crippen LogP contribution in [0.4, 0.5) is 0 Å². The van der Waals surface area contributed by atoms with Crippen LogP contribution in [0, 0.1) is 11.8 Å². The Kier molecular flexibility index (Phi) is 4.49. The van der Waals surface area contributed by atoms with Gasteiger partial charge in [0.1, 0.15) is 12.2 Å². The molecule has 0 aliphatic carbocycles. The summed E-state index contributed by atoms with van der Waals surface area (Å²) in [6.45, 7) is 1.95. The van der Waals surface area contributed by atoms with E-state index in [0.717, 1.165) is 25.8 Å². The number of amides is 2. The van der Waals surface area contributed by atoms with Gasteiger partial charge >= 0.3 is 0 Å². The van der Waals surface area contributed by atoms with Crippen LogP contribution in [0.5, 0.6) is 0 Å². The van der Waals surface area contributed by atoms with Crippen molar-refractivity contribution >= 4 is 11.8 Å². The van der Waals surface area contributed by atoms with Crippen molar-refractivity contribution in [1.82, 2.24) is 19.6 Å². The van der Waals surface area contributed by atoms with Gasteiger partial charge in [-0.25, -0.2) is 4.68 Å². The van der Waals surface area contributed by atoms with Crippen molar-refractivity contribution in [2.75, 3.05) is 19.6 Å². The Morgan fingerprint density at radius 2 is 2.07 bits per heavy atom. The molecule has 8 nitrogen and oxygen atoms in total. The van der Waals surface area contributed by atoms with E-state index in [0.29, 0.717) is 42.8 Å². The minimum atomic E-state index is -0.310. The molecule has 29 heavy (non-hydrogen) atoms. The minimum absolute atomic E-state index is 0.0832. The van der Waals surface area contributed by atoms with Crippen molar-refractivity contribution in [1.29, 1.82) is 0 Å². The predicted molar refractivity (Wildman–Crippen MR) is 104 cm³/mol. The van der Waals surface area contributed by atoms with Crippen LogP contribution >= 0.6 is 0 Å². The van der Waals surface area contributed by atoms with Crippen LogP contribution in [0.3, 0.4) is 0 Å². The van der Waals surface area contributed by atoms with E-state index in [1.165, 1.54) is 10.7 Å². The first-order valence-corrected chi connectivity index (χ1v) is 10.3. The first kappa shape index (κ1) is 18.1. The summed E-state index contributed by atoms with van der Waals surface area (Å²) >= 11 is 0. The van der Waals surface area contributed by atoms with Gasteiger partial charge in [-0.1, -0.05) is 0 Å². The fraction of sp³-hybridized carbons (Fsp3) is 0.524. The number of nitrogens with zero attached hydrogens (tertiary/aromatic N) is 4. The van der Waals surface area contributed by atoms with Crippen molar-refractivity contribution in [3.8, 4) is 11.5 Å². The predicted octanol–water partition coefficient (Wildman–Crippen LogP) is 1.36. The highest BCUT2D eigenvalue weighted by atomic mass is 16.3. The lowest BCUT2D eigenvalue weighted by Gasteiger charge is -2.52. The molecule has 2 aromatic heterocycles. The Morgan fingerprint density at radius 1 is 1.17 bits per heavy atom. The zero-order valence-electron chi connectivity index (χ0n) is 16.2. The molecule has 8 heteroatoms. The summed E-state index contributed by atoms with van der Waals surface area (Å²) in [5, 5.41) is 4.31. The van der Waals surface area contributed by atoms with Gasteiger partial charge in [0.25, 0.3) is 5.56 Å². The number of likely N-dealkylation sites (tertiary alicyclic amines) is 1. The highest BCUT2D eigenvalue weighted by Gasteiger charge is 2.44. The van der Waals surface area contributed by atoms with Crippen LogP contribution in [-0.2, 0) is 16.1 Å². The summed E-state index contributed by atoms with van der Waals surface area (Å²) in [5.41, 5.74) is 0.212. The van der Waals surface area contributed by atoms with Crippen molar-refractivity contribution in [3.05, 3.63) is 40.9 Å². The number of hydrogen-bond donors (Lipinski definition) is 0. The van der Waals surface area contributed by atoms with Crippen LogP contribution in [-0.4, -0.2) is 57.1 Å². The summed E-state index contributed by atoms with van der Waals surface area (Å²) in [6, 6.07) is 6.79. The Labute approximate surface area is 168 Å². The van der Waals surface area contributed by atoms with Gasteiger partial charge in [-0.15, -0.1) is 0 Å². The highest BCUT2D eigenvalue weighted by molar-refractivity contribution is 5.78. The van der Waals surface area contributed by atoms with Gasteiger partial charge in [0.15, 0.2) is 5.76 Å². The smallest absolute Gasteiger partial charge is 0.267 e. The average Bonchev–Trinajstić information content (AvgIpc) is 3.25. The summed E-state index contributed by atoms with van der Waals surface area (Å²) in [6.07, 6.45) is 5.23. The normalized spacial score (nSPS) is 26.3. The second-order valence-electron chi connectivity index (χ2n) is 8.36. The molecule has 3 atom stereocenters. The van der Waals surface area contributed by atoms with Gasteiger partial charge in [0.05, 0.1) is 6.26 Å². The molecule has 152 valence electrons. The first-order chi connectivity index (χ1) is 14.1. The van der Waals surface area contributed by atoms with Gasteiger partial charge in [0.2, 0.25) is 11.8 Å². The molecule has 3 aliphatic heterocycles. The van der Waals surface area contributed by atoms with Crippen molar-refractivity contribution in [2.24, 2.45) is 11.8 Å². The van der Waals surface area contributed by atoms with Gasteiger partial charge in [-0.05, 0) is 49.3 Å². The molecule has 0 radical (unpaired) electrons. The lowest BCUT2D eigenvalue weighted by Crippen LogP contribution is -2.61. The summed E-state index contributed by atoms with van der Waals surface area (Å²) < 4.78 is 6.55. The molecule has 0 N–H and O–H groups in total. The van der Waals surface area contributed by atoms with E-state index in [1.54, 1.807) is 24.5 Å². The Balaban J connectivity index is 1.32. The van der Waals surface area contributed by atoms with E-state index >= 15 is 0 Å². The molecule has 2 amide bonds. The van der Waals surface area contributed by atoms with Crippen LogP contribution in [0.1, 0.15) is 25.7 Å². The summed E-state index contributed by atoms with van der Waals surface area (Å²) in [7, 11) is 0. The largest absolute Gasteiger partial charge is 0.463 e. The molecule has 3 fully saturated rings. The zero-order chi connectivity index (χ0) is 20.0. The fourth-order valence-corrected chi connectivity index (χ4v) is 5.16. The van der Waals surface area contributed by atoms with Gasteiger partial charge < -0.3 is 14.2 Å². The molecule has 5 heterocycles. The quantitative estimate of drug-likeness (QED) is 0.782. The number of aromatic nitrogens is 2. The minimum Gasteiger partial charge on any atom is -0.463 e. The SMILES string of the molecule is O=C(Cn1nc(-c2ccco2)ccc1=O)N1CC2CC(C1)C1CCCC(=O)N1C2. The molecule has 2 bridgehead atoms. The van der Waals surface area contributed by atoms with E-state index in [9.17, 15) is 14.4 Å². The monoisotopic (exact) mass is 396 g/mol. The van der Waals surface area contributed by atoms with Crippen LogP contribution in [0.15, 0.2) is 39.7 Å². The van der Waals surface area contributed by atoms with Crippen molar-refractivity contribution < 1.29 is 14.0 Å². The molecular weight excluding hydrogens is 372 g/mol. The molecule has 5 rings (SSSR count).